The van der Waals surface area contributed by atoms with Gasteiger partial charge in [0.1, 0.15) is 0 Å². The molecular formula is C9H19NO. The predicted molar refractivity (Wildman–Crippen MR) is 46.8 cm³/mol. The van der Waals surface area contributed by atoms with Crippen LogP contribution in [0.5, 0.6) is 0 Å². The second-order valence-electron chi connectivity index (χ2n) is 3.58. The topological polar surface area (TPSA) is 12.5 Å². The number of piperidine rings is 1. The molecule has 1 unspecified atom stereocenters. The van der Waals surface area contributed by atoms with Gasteiger partial charge in [0.25, 0.3) is 0 Å². The standard InChI is InChI=1S/C9H19NO/c1-4-9(11-3)6-5-7-10(2)8-9/h4-8H2,1-3H3. The van der Waals surface area contributed by atoms with E-state index in [-0.39, 0.29) is 5.60 Å². The molecule has 1 aliphatic heterocycles. The summed E-state index contributed by atoms with van der Waals surface area (Å²) in [6, 6.07) is 0. The van der Waals surface area contributed by atoms with Crippen LogP contribution in [-0.2, 0) is 4.74 Å². The second kappa shape index (κ2) is 3.55. The molecule has 1 atom stereocenters. The molecule has 1 rings (SSSR count). The molecule has 0 saturated carbocycles. The van der Waals surface area contributed by atoms with Gasteiger partial charge in [0, 0.05) is 13.7 Å². The van der Waals surface area contributed by atoms with Crippen molar-refractivity contribution < 1.29 is 4.74 Å². The molecule has 0 radical (unpaired) electrons. The van der Waals surface area contributed by atoms with Crippen LogP contribution in [0.3, 0.4) is 0 Å². The van der Waals surface area contributed by atoms with Gasteiger partial charge < -0.3 is 9.64 Å². The maximum absolute atomic E-state index is 5.56. The van der Waals surface area contributed by atoms with Crippen molar-refractivity contribution in [3.05, 3.63) is 0 Å². The first-order valence-electron chi connectivity index (χ1n) is 4.46. The van der Waals surface area contributed by atoms with Gasteiger partial charge in [0.2, 0.25) is 0 Å². The summed E-state index contributed by atoms with van der Waals surface area (Å²) in [6.07, 6.45) is 3.64. The Hall–Kier alpha value is -0.0800. The van der Waals surface area contributed by atoms with E-state index in [1.807, 2.05) is 7.11 Å². The van der Waals surface area contributed by atoms with E-state index in [2.05, 4.69) is 18.9 Å². The van der Waals surface area contributed by atoms with Gasteiger partial charge in [0.15, 0.2) is 0 Å². The molecule has 1 fully saturated rings. The summed E-state index contributed by atoms with van der Waals surface area (Å²) < 4.78 is 5.56. The summed E-state index contributed by atoms with van der Waals surface area (Å²) in [7, 11) is 4.01. The molecule has 0 aromatic carbocycles. The van der Waals surface area contributed by atoms with Crippen molar-refractivity contribution in [3.63, 3.8) is 0 Å². The van der Waals surface area contributed by atoms with Crippen LogP contribution in [0.4, 0.5) is 0 Å². The fourth-order valence-electron chi connectivity index (χ4n) is 1.92. The number of nitrogens with zero attached hydrogens (tertiary/aromatic N) is 1. The highest BCUT2D eigenvalue weighted by molar-refractivity contribution is 4.86. The van der Waals surface area contributed by atoms with Crippen LogP contribution in [0.1, 0.15) is 26.2 Å². The van der Waals surface area contributed by atoms with Gasteiger partial charge >= 0.3 is 0 Å². The molecule has 0 spiro atoms. The van der Waals surface area contributed by atoms with Crippen molar-refractivity contribution in [1.82, 2.24) is 4.90 Å². The second-order valence-corrected chi connectivity index (χ2v) is 3.58. The van der Waals surface area contributed by atoms with Crippen molar-refractivity contribution in [2.45, 2.75) is 31.8 Å². The van der Waals surface area contributed by atoms with Crippen molar-refractivity contribution in [1.29, 1.82) is 0 Å². The minimum absolute atomic E-state index is 0.160. The van der Waals surface area contributed by atoms with E-state index >= 15 is 0 Å². The third-order valence-corrected chi connectivity index (χ3v) is 2.81. The Labute approximate surface area is 69.5 Å². The quantitative estimate of drug-likeness (QED) is 0.602. The molecular weight excluding hydrogens is 138 g/mol. The molecule has 1 heterocycles. The van der Waals surface area contributed by atoms with Crippen molar-refractivity contribution in [3.8, 4) is 0 Å². The SMILES string of the molecule is CCC1(OC)CCCN(C)C1. The minimum atomic E-state index is 0.160. The van der Waals surface area contributed by atoms with Crippen LogP contribution in [-0.4, -0.2) is 37.7 Å². The van der Waals surface area contributed by atoms with Crippen LogP contribution < -0.4 is 0 Å². The zero-order valence-electron chi connectivity index (χ0n) is 7.89. The smallest absolute Gasteiger partial charge is 0.0802 e. The molecule has 0 bridgehead atoms. The number of methoxy groups -OCH3 is 1. The summed E-state index contributed by atoms with van der Waals surface area (Å²) in [5, 5.41) is 0. The Morgan fingerprint density at radius 2 is 2.27 bits per heavy atom. The van der Waals surface area contributed by atoms with Gasteiger partial charge in [-0.2, -0.15) is 0 Å². The Bertz CT molecular complexity index is 121. The zero-order valence-corrected chi connectivity index (χ0v) is 7.89. The average molecular weight is 157 g/mol. The van der Waals surface area contributed by atoms with Gasteiger partial charge in [-0.25, -0.2) is 0 Å². The fraction of sp³-hybridized carbons (Fsp3) is 1.00. The number of ether oxygens (including phenoxy) is 1. The molecule has 0 aliphatic carbocycles. The summed E-state index contributed by atoms with van der Waals surface area (Å²) >= 11 is 0. The lowest BCUT2D eigenvalue weighted by molar-refractivity contribution is -0.0611. The molecule has 2 nitrogen and oxygen atoms in total. The highest BCUT2D eigenvalue weighted by Crippen LogP contribution is 2.26. The molecule has 11 heavy (non-hydrogen) atoms. The summed E-state index contributed by atoms with van der Waals surface area (Å²) in [4.78, 5) is 2.36. The summed E-state index contributed by atoms with van der Waals surface area (Å²) in [6.45, 7) is 4.54. The predicted octanol–water partition coefficient (Wildman–Crippen LogP) is 1.51. The van der Waals surface area contributed by atoms with E-state index in [0.717, 1.165) is 13.0 Å². The van der Waals surface area contributed by atoms with Crippen molar-refractivity contribution in [2.75, 3.05) is 27.2 Å². The molecule has 0 N–H and O–H groups in total. The summed E-state index contributed by atoms with van der Waals surface area (Å²) in [5.41, 5.74) is 0.160. The Morgan fingerprint density at radius 1 is 1.55 bits per heavy atom. The largest absolute Gasteiger partial charge is 0.377 e. The van der Waals surface area contributed by atoms with Crippen LogP contribution in [0, 0.1) is 0 Å². The highest BCUT2D eigenvalue weighted by atomic mass is 16.5. The van der Waals surface area contributed by atoms with Gasteiger partial charge in [-0.15, -0.1) is 0 Å². The number of hydrogen-bond acceptors (Lipinski definition) is 2. The van der Waals surface area contributed by atoms with Crippen molar-refractivity contribution >= 4 is 0 Å². The number of hydrogen-bond donors (Lipinski definition) is 0. The third kappa shape index (κ3) is 1.94. The lowest BCUT2D eigenvalue weighted by Crippen LogP contribution is -2.47. The first kappa shape index (κ1) is 9.01. The van der Waals surface area contributed by atoms with Gasteiger partial charge in [-0.1, -0.05) is 6.92 Å². The molecule has 0 aromatic rings. The van der Waals surface area contributed by atoms with Gasteiger partial charge in [-0.05, 0) is 32.9 Å². The normalized spacial score (nSPS) is 34.1. The van der Waals surface area contributed by atoms with Crippen LogP contribution in [0.25, 0.3) is 0 Å². The molecule has 1 saturated heterocycles. The van der Waals surface area contributed by atoms with E-state index in [1.54, 1.807) is 0 Å². The Kier molecular flexibility index (Phi) is 2.90. The summed E-state index contributed by atoms with van der Waals surface area (Å²) in [5.74, 6) is 0. The lowest BCUT2D eigenvalue weighted by atomic mass is 9.90. The average Bonchev–Trinajstić information content (AvgIpc) is 2.04. The Morgan fingerprint density at radius 3 is 2.64 bits per heavy atom. The first-order chi connectivity index (χ1) is 5.22. The van der Waals surface area contributed by atoms with E-state index < -0.39 is 0 Å². The third-order valence-electron chi connectivity index (χ3n) is 2.81. The maximum Gasteiger partial charge on any atom is 0.0802 e. The van der Waals surface area contributed by atoms with Gasteiger partial charge in [0.05, 0.1) is 5.60 Å². The molecule has 0 aromatic heterocycles. The molecule has 0 amide bonds. The lowest BCUT2D eigenvalue weighted by Gasteiger charge is -2.39. The van der Waals surface area contributed by atoms with Crippen LogP contribution >= 0.6 is 0 Å². The molecule has 2 heteroatoms. The Balaban J connectivity index is 2.52. The van der Waals surface area contributed by atoms with Crippen molar-refractivity contribution in [2.24, 2.45) is 0 Å². The zero-order chi connectivity index (χ0) is 8.32. The first-order valence-corrected chi connectivity index (χ1v) is 4.46. The van der Waals surface area contributed by atoms with E-state index in [9.17, 15) is 0 Å². The van der Waals surface area contributed by atoms with E-state index in [1.165, 1.54) is 19.4 Å². The number of rotatable bonds is 2. The van der Waals surface area contributed by atoms with Crippen LogP contribution in [0.2, 0.25) is 0 Å². The van der Waals surface area contributed by atoms with Gasteiger partial charge in [-0.3, -0.25) is 0 Å². The minimum Gasteiger partial charge on any atom is -0.377 e. The number of likely N-dealkylation sites (N-methyl/N-ethyl adjacent to an activating group) is 1. The van der Waals surface area contributed by atoms with Crippen LogP contribution in [0.15, 0.2) is 0 Å². The van der Waals surface area contributed by atoms with E-state index in [4.69, 9.17) is 4.74 Å². The maximum atomic E-state index is 5.56. The molecule has 1 aliphatic rings. The molecule has 66 valence electrons. The van der Waals surface area contributed by atoms with E-state index in [0.29, 0.717) is 0 Å². The highest BCUT2D eigenvalue weighted by Gasteiger charge is 2.31. The monoisotopic (exact) mass is 157 g/mol. The fourth-order valence-corrected chi connectivity index (χ4v) is 1.92. The number of likely N-dealkylation sites (tertiary alicyclic amines) is 1.